The molecule has 0 spiro atoms. The van der Waals surface area contributed by atoms with Gasteiger partial charge in [-0.3, -0.25) is 0 Å². The number of hydrogen-bond acceptors (Lipinski definition) is 1. The highest BCUT2D eigenvalue weighted by Gasteiger charge is 2.48. The van der Waals surface area contributed by atoms with E-state index in [1.165, 1.54) is 99.4 Å². The van der Waals surface area contributed by atoms with Crippen LogP contribution in [0.2, 0.25) is 0 Å². The Bertz CT molecular complexity index is 3560. The van der Waals surface area contributed by atoms with E-state index in [-0.39, 0.29) is 5.41 Å². The van der Waals surface area contributed by atoms with Gasteiger partial charge in [0.25, 0.3) is 0 Å². The minimum absolute atomic E-state index is 0.237. The average Bonchev–Trinajstić information content (AvgIpc) is 3.82. The van der Waals surface area contributed by atoms with Gasteiger partial charge in [-0.1, -0.05) is 220 Å². The summed E-state index contributed by atoms with van der Waals surface area (Å²) in [5, 5.41) is 5.02. The summed E-state index contributed by atoms with van der Waals surface area (Å²) in [5.74, 6) is 0. The van der Waals surface area contributed by atoms with Crippen molar-refractivity contribution in [3.63, 3.8) is 0 Å². The van der Waals surface area contributed by atoms with Crippen molar-refractivity contribution in [2.45, 2.75) is 24.7 Å². The molecule has 0 saturated carbocycles. The van der Waals surface area contributed by atoms with Crippen LogP contribution in [-0.2, 0) is 10.8 Å². The van der Waals surface area contributed by atoms with Crippen LogP contribution in [0.25, 0.3) is 66.1 Å². The first kappa shape index (κ1) is 39.1. The number of benzene rings is 11. The molecule has 0 unspecified atom stereocenters. The molecule has 0 amide bonds. The maximum Gasteiger partial charge on any atom is 0.0719 e. The molecule has 0 radical (unpaired) electrons. The summed E-state index contributed by atoms with van der Waals surface area (Å²) >= 11 is 0. The van der Waals surface area contributed by atoms with Crippen LogP contribution in [0.15, 0.2) is 249 Å². The van der Waals surface area contributed by atoms with Crippen molar-refractivity contribution in [2.75, 3.05) is 4.90 Å². The zero-order chi connectivity index (χ0) is 44.7. The maximum absolute atomic E-state index is 2.50. The van der Waals surface area contributed by atoms with Gasteiger partial charge in [-0.25, -0.2) is 0 Å². The van der Waals surface area contributed by atoms with Crippen LogP contribution < -0.4 is 4.90 Å². The lowest BCUT2D eigenvalue weighted by atomic mass is 9.65. The predicted octanol–water partition coefficient (Wildman–Crippen LogP) is 17.5. The van der Waals surface area contributed by atoms with Gasteiger partial charge in [0, 0.05) is 22.5 Å². The molecule has 2 aliphatic rings. The van der Waals surface area contributed by atoms with Gasteiger partial charge in [0.2, 0.25) is 0 Å². The van der Waals surface area contributed by atoms with Crippen LogP contribution in [-0.4, -0.2) is 0 Å². The first-order valence-corrected chi connectivity index (χ1v) is 23.5. The Morgan fingerprint density at radius 1 is 0.299 bits per heavy atom. The molecular formula is C66H47N. The molecule has 13 rings (SSSR count). The monoisotopic (exact) mass is 853 g/mol. The Balaban J connectivity index is 1.02. The first-order valence-electron chi connectivity index (χ1n) is 23.5. The highest BCUT2D eigenvalue weighted by atomic mass is 15.1. The van der Waals surface area contributed by atoms with Crippen LogP contribution >= 0.6 is 0 Å². The van der Waals surface area contributed by atoms with E-state index in [1.807, 2.05) is 0 Å². The molecule has 0 fully saturated rings. The number of anilines is 3. The van der Waals surface area contributed by atoms with Crippen molar-refractivity contribution < 1.29 is 0 Å². The van der Waals surface area contributed by atoms with Crippen molar-refractivity contribution in [3.8, 4) is 44.5 Å². The van der Waals surface area contributed by atoms with Crippen molar-refractivity contribution in [3.05, 3.63) is 282 Å². The molecule has 0 aliphatic heterocycles. The smallest absolute Gasteiger partial charge is 0.0719 e. The third-order valence-corrected chi connectivity index (χ3v) is 14.9. The Hall–Kier alpha value is -8.26. The SMILES string of the molecule is CC1(C)c2cc(-c3c4ccccc4c(-c4cccc5c4C(c4ccccc4)(c4ccccc4)c4ccccc4-5)c4ccccc34)ccc2-c2ccc(N(c3ccccc3)c3ccccc3)cc21. The number of rotatable bonds is 7. The Morgan fingerprint density at radius 2 is 0.731 bits per heavy atom. The van der Waals surface area contributed by atoms with Gasteiger partial charge in [-0.2, -0.15) is 0 Å². The molecular weight excluding hydrogens is 807 g/mol. The predicted molar refractivity (Wildman–Crippen MR) is 282 cm³/mol. The fraction of sp³-hybridized carbons (Fsp3) is 0.0606. The Morgan fingerprint density at radius 3 is 1.31 bits per heavy atom. The molecule has 0 bridgehead atoms. The molecule has 0 N–H and O–H groups in total. The highest BCUT2D eigenvalue weighted by Crippen LogP contribution is 2.60. The molecule has 0 atom stereocenters. The molecule has 316 valence electrons. The van der Waals surface area contributed by atoms with Crippen molar-refractivity contribution in [2.24, 2.45) is 0 Å². The lowest BCUT2D eigenvalue weighted by Gasteiger charge is -2.35. The van der Waals surface area contributed by atoms with E-state index in [2.05, 4.69) is 267 Å². The molecule has 0 heterocycles. The van der Waals surface area contributed by atoms with E-state index in [4.69, 9.17) is 0 Å². The van der Waals surface area contributed by atoms with E-state index in [0.29, 0.717) is 0 Å². The zero-order valence-electron chi connectivity index (χ0n) is 37.6. The zero-order valence-corrected chi connectivity index (χ0v) is 37.6. The van der Waals surface area contributed by atoms with Crippen molar-refractivity contribution in [1.82, 2.24) is 0 Å². The molecule has 0 aromatic heterocycles. The summed E-state index contributed by atoms with van der Waals surface area (Å²) in [4.78, 5) is 2.37. The molecule has 1 nitrogen and oxygen atoms in total. The highest BCUT2D eigenvalue weighted by molar-refractivity contribution is 6.22. The molecule has 1 heteroatoms. The van der Waals surface area contributed by atoms with Crippen LogP contribution in [0.1, 0.15) is 47.2 Å². The quantitative estimate of drug-likeness (QED) is 0.144. The third kappa shape index (κ3) is 5.74. The normalized spacial score (nSPS) is 13.8. The van der Waals surface area contributed by atoms with Gasteiger partial charge >= 0.3 is 0 Å². The van der Waals surface area contributed by atoms with Crippen LogP contribution in [0.4, 0.5) is 17.1 Å². The van der Waals surface area contributed by atoms with Gasteiger partial charge in [0.05, 0.1) is 5.41 Å². The average molecular weight is 854 g/mol. The fourth-order valence-electron chi connectivity index (χ4n) is 12.1. The maximum atomic E-state index is 2.50. The minimum atomic E-state index is -0.536. The lowest BCUT2D eigenvalue weighted by molar-refractivity contribution is 0.660. The molecule has 0 saturated heterocycles. The second-order valence-electron chi connectivity index (χ2n) is 18.7. The molecule has 11 aromatic rings. The van der Waals surface area contributed by atoms with Gasteiger partial charge in [0.15, 0.2) is 0 Å². The van der Waals surface area contributed by atoms with Gasteiger partial charge in [-0.05, 0) is 142 Å². The Labute approximate surface area is 392 Å². The third-order valence-electron chi connectivity index (χ3n) is 14.9. The van der Waals surface area contributed by atoms with E-state index in [9.17, 15) is 0 Å². The molecule has 2 aliphatic carbocycles. The van der Waals surface area contributed by atoms with Crippen molar-refractivity contribution >= 4 is 38.6 Å². The minimum Gasteiger partial charge on any atom is -0.310 e. The fourth-order valence-corrected chi connectivity index (χ4v) is 12.1. The summed E-state index contributed by atoms with van der Waals surface area (Å²) < 4.78 is 0. The number of para-hydroxylation sites is 2. The molecule has 67 heavy (non-hydrogen) atoms. The van der Waals surface area contributed by atoms with Crippen LogP contribution in [0.5, 0.6) is 0 Å². The topological polar surface area (TPSA) is 3.24 Å². The number of nitrogens with zero attached hydrogens (tertiary/aromatic N) is 1. The van der Waals surface area contributed by atoms with Crippen LogP contribution in [0.3, 0.4) is 0 Å². The van der Waals surface area contributed by atoms with E-state index < -0.39 is 5.41 Å². The summed E-state index contributed by atoms with van der Waals surface area (Å²) in [5.41, 5.74) is 20.8. The molecule has 11 aromatic carbocycles. The van der Waals surface area contributed by atoms with Gasteiger partial charge in [-0.15, -0.1) is 0 Å². The summed E-state index contributed by atoms with van der Waals surface area (Å²) in [7, 11) is 0. The van der Waals surface area contributed by atoms with E-state index >= 15 is 0 Å². The Kier molecular flexibility index (Phi) is 8.85. The van der Waals surface area contributed by atoms with Crippen molar-refractivity contribution in [1.29, 1.82) is 0 Å². The van der Waals surface area contributed by atoms with Gasteiger partial charge in [0.1, 0.15) is 0 Å². The lowest BCUT2D eigenvalue weighted by Crippen LogP contribution is -2.29. The first-order chi connectivity index (χ1) is 33.0. The van der Waals surface area contributed by atoms with E-state index in [1.54, 1.807) is 0 Å². The summed E-state index contributed by atoms with van der Waals surface area (Å²) in [6.45, 7) is 4.80. The number of hydrogen-bond donors (Lipinski definition) is 0. The number of fused-ring (bicyclic) bond motifs is 8. The summed E-state index contributed by atoms with van der Waals surface area (Å²) in [6.07, 6.45) is 0. The van der Waals surface area contributed by atoms with E-state index in [0.717, 1.165) is 17.1 Å². The van der Waals surface area contributed by atoms with Crippen LogP contribution in [0, 0.1) is 0 Å². The second-order valence-corrected chi connectivity index (χ2v) is 18.7. The largest absolute Gasteiger partial charge is 0.310 e. The second kappa shape index (κ2) is 15.2. The summed E-state index contributed by atoms with van der Waals surface area (Å²) in [6, 6.07) is 92.5. The standard InChI is InChI=1S/C66H47N/c1-65(2)60-42-44(38-40-51(60)52-41-39-49(43-61(52)65)67(47-26-11-5-12-27-47)48-28-13-6-14-29-48)62-53-31-15-17-33-55(53)63(56-34-18-16-32-54(56)62)58-36-21-35-57-50-30-19-20-37-59(50)66(64(57)58,45-22-7-3-8-23-45)46-24-9-4-10-25-46/h3-43H,1-2H3. The van der Waals surface area contributed by atoms with Gasteiger partial charge < -0.3 is 4.90 Å².